The molecule has 0 saturated carbocycles. The van der Waals surface area contributed by atoms with Gasteiger partial charge in [-0.15, -0.1) is 0 Å². The van der Waals surface area contributed by atoms with E-state index in [0.717, 1.165) is 0 Å². The first-order valence-electron chi connectivity index (χ1n) is 7.07. The van der Waals surface area contributed by atoms with Gasteiger partial charge >= 0.3 is 11.9 Å². The lowest BCUT2D eigenvalue weighted by atomic mass is 10.1. The minimum atomic E-state index is -0.617. The standard InChI is InChI=1S/C18H16ClNO4/c1-23-17(21)13(9-12-5-4-6-14(19)10-12)11-24-18(22)15-7-2-3-8-16(15)20/h2-10H,11,20H2,1H3/b13-9+. The summed E-state index contributed by atoms with van der Waals surface area (Å²) in [5.74, 6) is -1.21. The Morgan fingerprint density at radius 2 is 1.92 bits per heavy atom. The maximum Gasteiger partial charge on any atom is 0.340 e. The van der Waals surface area contributed by atoms with Crippen molar-refractivity contribution in [3.05, 3.63) is 70.3 Å². The van der Waals surface area contributed by atoms with Crippen LogP contribution in [0.3, 0.4) is 0 Å². The van der Waals surface area contributed by atoms with Crippen LogP contribution >= 0.6 is 11.6 Å². The summed E-state index contributed by atoms with van der Waals surface area (Å²) in [6.45, 7) is -0.244. The van der Waals surface area contributed by atoms with Crippen molar-refractivity contribution in [2.45, 2.75) is 0 Å². The van der Waals surface area contributed by atoms with Crippen molar-refractivity contribution < 1.29 is 19.1 Å². The predicted molar refractivity (Wildman–Crippen MR) is 92.6 cm³/mol. The van der Waals surface area contributed by atoms with Gasteiger partial charge in [0.25, 0.3) is 0 Å². The summed E-state index contributed by atoms with van der Waals surface area (Å²) in [5.41, 5.74) is 7.15. The molecule has 124 valence electrons. The highest BCUT2D eigenvalue weighted by atomic mass is 35.5. The Morgan fingerprint density at radius 1 is 1.17 bits per heavy atom. The Hall–Kier alpha value is -2.79. The van der Waals surface area contributed by atoms with Crippen LogP contribution in [0.4, 0.5) is 5.69 Å². The third-order valence-electron chi connectivity index (χ3n) is 3.18. The summed E-state index contributed by atoms with van der Waals surface area (Å²) < 4.78 is 9.90. The van der Waals surface area contributed by atoms with Crippen molar-refractivity contribution in [3.8, 4) is 0 Å². The molecule has 2 N–H and O–H groups in total. The molecular weight excluding hydrogens is 330 g/mol. The van der Waals surface area contributed by atoms with Crippen LogP contribution in [0, 0.1) is 0 Å². The summed E-state index contributed by atoms with van der Waals surface area (Å²) in [4.78, 5) is 24.0. The number of carbonyl (C=O) groups is 2. The summed E-state index contributed by atoms with van der Waals surface area (Å²) in [6, 6.07) is 13.5. The number of esters is 2. The molecule has 0 fully saturated rings. The number of ether oxygens (including phenoxy) is 2. The van der Waals surface area contributed by atoms with E-state index >= 15 is 0 Å². The quantitative estimate of drug-likeness (QED) is 0.511. The van der Waals surface area contributed by atoms with Crippen LogP contribution in [0.2, 0.25) is 5.02 Å². The fourth-order valence-corrected chi connectivity index (χ4v) is 2.19. The zero-order valence-corrected chi connectivity index (χ0v) is 13.7. The van der Waals surface area contributed by atoms with Crippen molar-refractivity contribution in [3.63, 3.8) is 0 Å². The van der Waals surface area contributed by atoms with Crippen LogP contribution in [0.15, 0.2) is 54.1 Å². The van der Waals surface area contributed by atoms with Gasteiger partial charge in [0.2, 0.25) is 0 Å². The highest BCUT2D eigenvalue weighted by molar-refractivity contribution is 6.30. The lowest BCUT2D eigenvalue weighted by Gasteiger charge is -2.09. The lowest BCUT2D eigenvalue weighted by Crippen LogP contribution is -2.15. The molecule has 2 rings (SSSR count). The first kappa shape index (κ1) is 17.6. The van der Waals surface area contributed by atoms with Crippen LogP contribution in [0.5, 0.6) is 0 Å². The van der Waals surface area contributed by atoms with E-state index in [1.807, 2.05) is 0 Å². The molecule has 0 aliphatic heterocycles. The number of anilines is 1. The minimum absolute atomic E-state index is 0.183. The van der Waals surface area contributed by atoms with Gasteiger partial charge in [-0.2, -0.15) is 0 Å². The summed E-state index contributed by atoms with van der Waals surface area (Å²) in [6.07, 6.45) is 1.55. The number of nitrogens with two attached hydrogens (primary N) is 1. The second-order valence-corrected chi connectivity index (χ2v) is 5.32. The van der Waals surface area contributed by atoms with E-state index < -0.39 is 11.9 Å². The second kappa shape index (κ2) is 8.17. The monoisotopic (exact) mass is 345 g/mol. The number of hydrogen-bond acceptors (Lipinski definition) is 5. The average molecular weight is 346 g/mol. The van der Waals surface area contributed by atoms with Gasteiger partial charge in [0.05, 0.1) is 18.2 Å². The maximum atomic E-state index is 12.1. The van der Waals surface area contributed by atoms with Gasteiger partial charge in [-0.25, -0.2) is 9.59 Å². The Labute approximate surface area is 144 Å². The molecule has 2 aromatic rings. The van der Waals surface area contributed by atoms with E-state index in [1.165, 1.54) is 7.11 Å². The Bertz CT molecular complexity index is 786. The van der Waals surface area contributed by atoms with E-state index in [2.05, 4.69) is 0 Å². The molecule has 0 heterocycles. The van der Waals surface area contributed by atoms with Crippen LogP contribution in [-0.4, -0.2) is 25.7 Å². The van der Waals surface area contributed by atoms with Crippen molar-refractivity contribution in [2.75, 3.05) is 19.5 Å². The number of methoxy groups -OCH3 is 1. The number of nitrogen functional groups attached to an aromatic ring is 1. The molecule has 0 aromatic heterocycles. The van der Waals surface area contributed by atoms with Crippen molar-refractivity contribution in [1.82, 2.24) is 0 Å². The molecule has 24 heavy (non-hydrogen) atoms. The first-order valence-corrected chi connectivity index (χ1v) is 7.45. The summed E-state index contributed by atoms with van der Waals surface area (Å²) >= 11 is 5.92. The smallest absolute Gasteiger partial charge is 0.340 e. The van der Waals surface area contributed by atoms with Gasteiger partial charge in [0.1, 0.15) is 6.61 Å². The predicted octanol–water partition coefficient (Wildman–Crippen LogP) is 3.34. The second-order valence-electron chi connectivity index (χ2n) is 4.88. The fourth-order valence-electron chi connectivity index (χ4n) is 1.99. The molecule has 0 bridgehead atoms. The summed E-state index contributed by atoms with van der Waals surface area (Å²) in [7, 11) is 1.26. The van der Waals surface area contributed by atoms with E-state index in [1.54, 1.807) is 54.6 Å². The highest BCUT2D eigenvalue weighted by Gasteiger charge is 2.15. The highest BCUT2D eigenvalue weighted by Crippen LogP contribution is 2.16. The lowest BCUT2D eigenvalue weighted by molar-refractivity contribution is -0.136. The largest absolute Gasteiger partial charge is 0.466 e. The van der Waals surface area contributed by atoms with Crippen LogP contribution in [0.1, 0.15) is 15.9 Å². The normalized spacial score (nSPS) is 11.0. The van der Waals surface area contributed by atoms with Gasteiger partial charge in [-0.3, -0.25) is 0 Å². The van der Waals surface area contributed by atoms with Crippen molar-refractivity contribution >= 4 is 35.3 Å². The number of halogens is 1. The first-order chi connectivity index (χ1) is 11.5. The summed E-state index contributed by atoms with van der Waals surface area (Å²) in [5, 5.41) is 0.530. The molecule has 0 atom stereocenters. The SMILES string of the molecule is COC(=O)/C(=C/c1cccc(Cl)c1)COC(=O)c1ccccc1N. The van der Waals surface area contributed by atoms with E-state index in [4.69, 9.17) is 26.8 Å². The van der Waals surface area contributed by atoms with Crippen molar-refractivity contribution in [1.29, 1.82) is 0 Å². The van der Waals surface area contributed by atoms with E-state index in [0.29, 0.717) is 16.3 Å². The number of carbonyl (C=O) groups excluding carboxylic acids is 2. The molecule has 0 aliphatic carbocycles. The molecule has 0 saturated heterocycles. The van der Waals surface area contributed by atoms with Gasteiger partial charge in [-0.05, 0) is 35.9 Å². The molecule has 0 unspecified atom stereocenters. The number of para-hydroxylation sites is 1. The van der Waals surface area contributed by atoms with Crippen LogP contribution in [-0.2, 0) is 14.3 Å². The molecular formula is C18H16ClNO4. The Morgan fingerprint density at radius 3 is 2.58 bits per heavy atom. The van der Waals surface area contributed by atoms with E-state index in [9.17, 15) is 9.59 Å². The third-order valence-corrected chi connectivity index (χ3v) is 3.41. The molecule has 0 aliphatic rings. The Balaban J connectivity index is 2.17. The van der Waals surface area contributed by atoms with Crippen LogP contribution < -0.4 is 5.73 Å². The van der Waals surface area contributed by atoms with Gasteiger partial charge in [-0.1, -0.05) is 35.9 Å². The minimum Gasteiger partial charge on any atom is -0.466 e. The number of benzene rings is 2. The van der Waals surface area contributed by atoms with Gasteiger partial charge in [0, 0.05) is 10.7 Å². The number of hydrogen-bond donors (Lipinski definition) is 1. The maximum absolute atomic E-state index is 12.1. The topological polar surface area (TPSA) is 78.6 Å². The molecule has 0 spiro atoms. The molecule has 6 heteroatoms. The zero-order valence-electron chi connectivity index (χ0n) is 13.0. The molecule has 0 amide bonds. The van der Waals surface area contributed by atoms with Gasteiger partial charge in [0.15, 0.2) is 0 Å². The fraction of sp³-hybridized carbons (Fsp3) is 0.111. The third kappa shape index (κ3) is 4.60. The average Bonchev–Trinajstić information content (AvgIpc) is 2.58. The van der Waals surface area contributed by atoms with E-state index in [-0.39, 0.29) is 17.7 Å². The van der Waals surface area contributed by atoms with Gasteiger partial charge < -0.3 is 15.2 Å². The molecule has 0 radical (unpaired) electrons. The Kier molecular flexibility index (Phi) is 5.98. The molecule has 5 nitrogen and oxygen atoms in total. The zero-order chi connectivity index (χ0) is 17.5. The number of rotatable bonds is 5. The molecule has 2 aromatic carbocycles. The van der Waals surface area contributed by atoms with Crippen LogP contribution in [0.25, 0.3) is 6.08 Å². The van der Waals surface area contributed by atoms with Crippen molar-refractivity contribution in [2.24, 2.45) is 0 Å².